The lowest BCUT2D eigenvalue weighted by molar-refractivity contribution is -0.130. The zero-order valence-electron chi connectivity index (χ0n) is 12.5. The zero-order valence-corrected chi connectivity index (χ0v) is 14.2. The van der Waals surface area contributed by atoms with Crippen LogP contribution >= 0.6 is 11.3 Å². The molecule has 1 amide bonds. The molecule has 0 unspecified atom stereocenters. The molecule has 0 saturated carbocycles. The summed E-state index contributed by atoms with van der Waals surface area (Å²) in [5.41, 5.74) is 0. The molecule has 124 valence electrons. The standard InChI is InChI=1S/C15H17FN2O3S2/c1-18(11-13-3-2-10-22-13)15(19)8-9-17-23(20,21)14-6-4-12(16)5-7-14/h2-7,10,17H,8-9,11H2,1H3. The summed E-state index contributed by atoms with van der Waals surface area (Å²) in [4.78, 5) is 14.6. The second-order valence-electron chi connectivity index (χ2n) is 4.93. The first-order chi connectivity index (χ1) is 10.9. The van der Waals surface area contributed by atoms with Crippen LogP contribution in [-0.4, -0.2) is 32.8 Å². The lowest BCUT2D eigenvalue weighted by Gasteiger charge is -2.16. The number of thiophene rings is 1. The molecular weight excluding hydrogens is 339 g/mol. The van der Waals surface area contributed by atoms with Gasteiger partial charge in [0.05, 0.1) is 11.4 Å². The van der Waals surface area contributed by atoms with Gasteiger partial charge in [0.2, 0.25) is 15.9 Å². The van der Waals surface area contributed by atoms with Crippen molar-refractivity contribution in [2.45, 2.75) is 17.9 Å². The Morgan fingerprint density at radius 3 is 2.57 bits per heavy atom. The van der Waals surface area contributed by atoms with Crippen molar-refractivity contribution in [3.8, 4) is 0 Å². The number of carbonyl (C=O) groups excluding carboxylic acids is 1. The van der Waals surface area contributed by atoms with Gasteiger partial charge in [-0.15, -0.1) is 11.3 Å². The molecule has 0 saturated heterocycles. The minimum Gasteiger partial charge on any atom is -0.341 e. The molecule has 23 heavy (non-hydrogen) atoms. The number of halogens is 1. The number of nitrogens with one attached hydrogen (secondary N) is 1. The van der Waals surface area contributed by atoms with Crippen LogP contribution in [0.5, 0.6) is 0 Å². The summed E-state index contributed by atoms with van der Waals surface area (Å²) in [5.74, 6) is -0.658. The van der Waals surface area contributed by atoms with E-state index in [1.807, 2.05) is 17.5 Å². The van der Waals surface area contributed by atoms with Crippen molar-refractivity contribution in [2.75, 3.05) is 13.6 Å². The molecule has 1 N–H and O–H groups in total. The molecule has 1 aromatic carbocycles. The first-order valence-electron chi connectivity index (χ1n) is 6.90. The van der Waals surface area contributed by atoms with Crippen molar-refractivity contribution >= 4 is 27.3 Å². The normalized spacial score (nSPS) is 11.4. The number of sulfonamides is 1. The Hall–Kier alpha value is -1.77. The van der Waals surface area contributed by atoms with Gasteiger partial charge in [-0.1, -0.05) is 6.07 Å². The molecule has 0 spiro atoms. The fraction of sp³-hybridized carbons (Fsp3) is 0.267. The van der Waals surface area contributed by atoms with Crippen LogP contribution in [0.4, 0.5) is 4.39 Å². The van der Waals surface area contributed by atoms with E-state index >= 15 is 0 Å². The van der Waals surface area contributed by atoms with Crippen molar-refractivity contribution < 1.29 is 17.6 Å². The number of benzene rings is 1. The van der Waals surface area contributed by atoms with E-state index in [9.17, 15) is 17.6 Å². The van der Waals surface area contributed by atoms with Crippen LogP contribution in [0.25, 0.3) is 0 Å². The Balaban J connectivity index is 1.83. The lowest BCUT2D eigenvalue weighted by Crippen LogP contribution is -2.31. The van der Waals surface area contributed by atoms with Crippen molar-refractivity contribution in [3.05, 3.63) is 52.5 Å². The quantitative estimate of drug-likeness (QED) is 0.827. The van der Waals surface area contributed by atoms with Gasteiger partial charge in [-0.05, 0) is 35.7 Å². The van der Waals surface area contributed by atoms with Gasteiger partial charge in [-0.3, -0.25) is 4.79 Å². The maximum absolute atomic E-state index is 12.8. The highest BCUT2D eigenvalue weighted by molar-refractivity contribution is 7.89. The molecule has 2 aromatic rings. The molecule has 2 rings (SSSR count). The number of hydrogen-bond donors (Lipinski definition) is 1. The molecule has 8 heteroatoms. The predicted molar refractivity (Wildman–Crippen MR) is 87.0 cm³/mol. The zero-order chi connectivity index (χ0) is 16.9. The Labute approximate surface area is 138 Å². The molecule has 5 nitrogen and oxygen atoms in total. The molecule has 0 aliphatic heterocycles. The number of hydrogen-bond acceptors (Lipinski definition) is 4. The third kappa shape index (κ3) is 5.12. The topological polar surface area (TPSA) is 66.5 Å². The average Bonchev–Trinajstić information content (AvgIpc) is 3.00. The van der Waals surface area contributed by atoms with Crippen LogP contribution in [0.15, 0.2) is 46.7 Å². The molecule has 0 atom stereocenters. The van der Waals surface area contributed by atoms with Crippen LogP contribution in [0.2, 0.25) is 0 Å². The number of amides is 1. The number of rotatable bonds is 7. The maximum atomic E-state index is 12.8. The van der Waals surface area contributed by atoms with Gasteiger partial charge in [0.15, 0.2) is 0 Å². The Morgan fingerprint density at radius 2 is 1.96 bits per heavy atom. The van der Waals surface area contributed by atoms with Gasteiger partial charge in [-0.2, -0.15) is 0 Å². The smallest absolute Gasteiger partial charge is 0.240 e. The molecule has 0 aliphatic rings. The van der Waals surface area contributed by atoms with E-state index < -0.39 is 15.8 Å². The van der Waals surface area contributed by atoms with E-state index in [0.29, 0.717) is 6.54 Å². The van der Waals surface area contributed by atoms with Crippen molar-refractivity contribution in [1.82, 2.24) is 9.62 Å². The third-order valence-corrected chi connectivity index (χ3v) is 5.49. The predicted octanol–water partition coefficient (Wildman–Crippen LogP) is 2.21. The maximum Gasteiger partial charge on any atom is 0.240 e. The monoisotopic (exact) mass is 356 g/mol. The Morgan fingerprint density at radius 1 is 1.26 bits per heavy atom. The first kappa shape index (κ1) is 17.6. The van der Waals surface area contributed by atoms with Gasteiger partial charge in [0.1, 0.15) is 5.82 Å². The van der Waals surface area contributed by atoms with Crippen LogP contribution in [0.1, 0.15) is 11.3 Å². The van der Waals surface area contributed by atoms with Gasteiger partial charge in [0.25, 0.3) is 0 Å². The highest BCUT2D eigenvalue weighted by Gasteiger charge is 2.15. The van der Waals surface area contributed by atoms with Gasteiger partial charge >= 0.3 is 0 Å². The van der Waals surface area contributed by atoms with E-state index in [1.165, 1.54) is 12.1 Å². The SMILES string of the molecule is CN(Cc1cccs1)C(=O)CCNS(=O)(=O)c1ccc(F)cc1. The van der Waals surface area contributed by atoms with Crippen LogP contribution in [-0.2, 0) is 21.4 Å². The second-order valence-corrected chi connectivity index (χ2v) is 7.73. The Bertz CT molecular complexity index is 744. The van der Waals surface area contributed by atoms with Crippen molar-refractivity contribution in [2.24, 2.45) is 0 Å². The molecule has 0 aliphatic carbocycles. The summed E-state index contributed by atoms with van der Waals surface area (Å²) < 4.78 is 39.1. The van der Waals surface area contributed by atoms with Gasteiger partial charge < -0.3 is 4.90 Å². The summed E-state index contributed by atoms with van der Waals surface area (Å²) >= 11 is 1.56. The number of nitrogens with zero attached hydrogens (tertiary/aromatic N) is 1. The summed E-state index contributed by atoms with van der Waals surface area (Å²) in [5, 5.41) is 1.93. The summed E-state index contributed by atoms with van der Waals surface area (Å²) in [6.07, 6.45) is 0.0578. The van der Waals surface area contributed by atoms with E-state index in [-0.39, 0.29) is 23.8 Å². The van der Waals surface area contributed by atoms with Gasteiger partial charge in [0, 0.05) is 24.9 Å². The fourth-order valence-corrected chi connectivity index (χ4v) is 3.69. The highest BCUT2D eigenvalue weighted by Crippen LogP contribution is 2.12. The lowest BCUT2D eigenvalue weighted by atomic mass is 10.3. The molecule has 0 fully saturated rings. The minimum absolute atomic E-state index is 0.00662. The van der Waals surface area contributed by atoms with E-state index in [4.69, 9.17) is 0 Å². The van der Waals surface area contributed by atoms with E-state index in [1.54, 1.807) is 23.3 Å². The molecule has 0 bridgehead atoms. The summed E-state index contributed by atoms with van der Waals surface area (Å²) in [7, 11) is -2.06. The molecular formula is C15H17FN2O3S2. The van der Waals surface area contributed by atoms with E-state index in [0.717, 1.165) is 17.0 Å². The average molecular weight is 356 g/mol. The molecule has 1 heterocycles. The fourth-order valence-electron chi connectivity index (χ4n) is 1.90. The van der Waals surface area contributed by atoms with Crippen molar-refractivity contribution in [1.29, 1.82) is 0 Å². The third-order valence-electron chi connectivity index (χ3n) is 3.15. The minimum atomic E-state index is -3.73. The van der Waals surface area contributed by atoms with Crippen LogP contribution in [0, 0.1) is 5.82 Å². The van der Waals surface area contributed by atoms with E-state index in [2.05, 4.69) is 4.72 Å². The summed E-state index contributed by atoms with van der Waals surface area (Å²) in [6.45, 7) is 0.495. The van der Waals surface area contributed by atoms with Crippen LogP contribution < -0.4 is 4.72 Å². The largest absolute Gasteiger partial charge is 0.341 e. The van der Waals surface area contributed by atoms with Crippen LogP contribution in [0.3, 0.4) is 0 Å². The summed E-state index contributed by atoms with van der Waals surface area (Å²) in [6, 6.07) is 8.37. The molecule has 1 aromatic heterocycles. The first-order valence-corrected chi connectivity index (χ1v) is 9.26. The number of carbonyl (C=O) groups is 1. The van der Waals surface area contributed by atoms with Gasteiger partial charge in [-0.25, -0.2) is 17.5 Å². The molecule has 0 radical (unpaired) electrons. The van der Waals surface area contributed by atoms with Crippen molar-refractivity contribution in [3.63, 3.8) is 0 Å². The second kappa shape index (κ2) is 7.67. The highest BCUT2D eigenvalue weighted by atomic mass is 32.2. The Kier molecular flexibility index (Phi) is 5.86.